The first-order chi connectivity index (χ1) is 10.1. The molecule has 7 nitrogen and oxygen atoms in total. The number of hydrogen-bond donors (Lipinski definition) is 0. The van der Waals surface area contributed by atoms with Crippen LogP contribution in [-0.4, -0.2) is 23.4 Å². The summed E-state index contributed by atoms with van der Waals surface area (Å²) in [5.41, 5.74) is -2.17. The van der Waals surface area contributed by atoms with E-state index < -0.39 is 52.5 Å². The molecule has 0 bridgehead atoms. The van der Waals surface area contributed by atoms with Crippen molar-refractivity contribution in [3.8, 4) is 0 Å². The van der Waals surface area contributed by atoms with Gasteiger partial charge in [0, 0.05) is 4.92 Å². The van der Waals surface area contributed by atoms with Gasteiger partial charge in [0.1, 0.15) is 0 Å². The van der Waals surface area contributed by atoms with Crippen molar-refractivity contribution in [3.05, 3.63) is 45.5 Å². The van der Waals surface area contributed by atoms with Crippen LogP contribution in [0.15, 0.2) is 24.3 Å². The van der Waals surface area contributed by atoms with Gasteiger partial charge in [0.2, 0.25) is 6.54 Å². The summed E-state index contributed by atoms with van der Waals surface area (Å²) in [6, 6.07) is 3.43. The van der Waals surface area contributed by atoms with E-state index in [0.29, 0.717) is 6.07 Å². The lowest BCUT2D eigenvalue weighted by molar-refractivity contribution is -0.485. The molecule has 1 atom stereocenters. The minimum absolute atomic E-state index is 0.573. The first kappa shape index (κ1) is 17.4. The van der Waals surface area contributed by atoms with Crippen LogP contribution in [0.1, 0.15) is 17.0 Å². The van der Waals surface area contributed by atoms with Gasteiger partial charge in [-0.2, -0.15) is 13.2 Å². The van der Waals surface area contributed by atoms with Crippen molar-refractivity contribution in [2.75, 3.05) is 6.54 Å². The van der Waals surface area contributed by atoms with Crippen LogP contribution >= 0.6 is 0 Å². The Hall–Kier alpha value is -2.65. The molecule has 0 saturated heterocycles. The van der Waals surface area contributed by atoms with E-state index in [0.717, 1.165) is 18.2 Å². The molecule has 0 unspecified atom stereocenters. The summed E-state index contributed by atoms with van der Waals surface area (Å²) in [7, 11) is 0. The molecule has 0 amide bonds. The second-order valence-electron chi connectivity index (χ2n) is 4.32. The zero-order valence-electron chi connectivity index (χ0n) is 10.7. The van der Waals surface area contributed by atoms with Gasteiger partial charge in [0.25, 0.3) is 0 Å². The number of nitrogens with zero attached hydrogens (tertiary/aromatic N) is 1. The van der Waals surface area contributed by atoms with Crippen molar-refractivity contribution in [1.29, 1.82) is 0 Å². The smallest absolute Gasteiger partial charge is 0.416 e. The number of benzene rings is 1. The Morgan fingerprint density at radius 3 is 2.05 bits per heavy atom. The van der Waals surface area contributed by atoms with Gasteiger partial charge < -0.3 is 19.8 Å². The third-order valence-electron chi connectivity index (χ3n) is 2.92. The van der Waals surface area contributed by atoms with E-state index >= 15 is 0 Å². The Balaban J connectivity index is 3.50. The third-order valence-corrected chi connectivity index (χ3v) is 2.92. The van der Waals surface area contributed by atoms with E-state index in [2.05, 4.69) is 0 Å². The number of carbonyl (C=O) groups excluding carboxylic acids is 2. The fraction of sp³-hybridized carbons (Fsp3) is 0.333. The van der Waals surface area contributed by atoms with E-state index in [1.807, 2.05) is 0 Å². The fourth-order valence-corrected chi connectivity index (χ4v) is 2.05. The average Bonchev–Trinajstić information content (AvgIpc) is 2.35. The Labute approximate surface area is 121 Å². The standard InChI is InChI=1S/C12H10F3NO6/c13-12(14,15)8-4-2-1-3-6(8)7(5-16(21)22)9(10(17)18)11(19)20/h1-4,7,9H,5H2,(H,17,18)(H,19,20)/p-2/t7-/m1/s1. The van der Waals surface area contributed by atoms with Gasteiger partial charge in [-0.1, -0.05) is 18.2 Å². The number of nitro groups is 1. The molecular formula is C12H8F3NO6-2. The molecule has 0 fully saturated rings. The molecule has 0 N–H and O–H groups in total. The molecule has 0 heterocycles. The molecule has 120 valence electrons. The minimum Gasteiger partial charge on any atom is -0.549 e. The number of aliphatic carboxylic acids is 2. The fourth-order valence-electron chi connectivity index (χ4n) is 2.05. The van der Waals surface area contributed by atoms with Crippen molar-refractivity contribution >= 4 is 11.9 Å². The highest BCUT2D eigenvalue weighted by atomic mass is 19.4. The first-order valence-corrected chi connectivity index (χ1v) is 5.75. The van der Waals surface area contributed by atoms with E-state index in [1.54, 1.807) is 0 Å². The lowest BCUT2D eigenvalue weighted by Gasteiger charge is -2.28. The number of hydrogen-bond acceptors (Lipinski definition) is 6. The van der Waals surface area contributed by atoms with Gasteiger partial charge in [-0.15, -0.1) is 0 Å². The maximum atomic E-state index is 12.9. The number of carboxylic acids is 2. The van der Waals surface area contributed by atoms with E-state index in [-0.39, 0.29) is 0 Å². The summed E-state index contributed by atoms with van der Waals surface area (Å²) in [4.78, 5) is 31.2. The van der Waals surface area contributed by atoms with Gasteiger partial charge in [0.05, 0.1) is 29.3 Å². The SMILES string of the molecule is O=C([O-])C(C(=O)[O-])[C@H](C[N+](=O)[O-])c1ccccc1C(F)(F)F. The van der Waals surface area contributed by atoms with E-state index in [9.17, 15) is 43.1 Å². The molecule has 0 aliphatic carbocycles. The monoisotopic (exact) mass is 319 g/mol. The molecule has 0 spiro atoms. The van der Waals surface area contributed by atoms with E-state index in [4.69, 9.17) is 0 Å². The molecule has 1 aromatic rings. The maximum absolute atomic E-state index is 12.9. The number of alkyl halides is 3. The molecule has 22 heavy (non-hydrogen) atoms. The van der Waals surface area contributed by atoms with Gasteiger partial charge in [-0.25, -0.2) is 0 Å². The zero-order valence-corrected chi connectivity index (χ0v) is 10.7. The molecule has 1 rings (SSSR count). The van der Waals surface area contributed by atoms with Crippen LogP contribution in [0.25, 0.3) is 0 Å². The highest BCUT2D eigenvalue weighted by molar-refractivity contribution is 5.92. The largest absolute Gasteiger partial charge is 0.549 e. The average molecular weight is 319 g/mol. The van der Waals surface area contributed by atoms with Gasteiger partial charge in [0.15, 0.2) is 0 Å². The first-order valence-electron chi connectivity index (χ1n) is 5.75. The molecule has 0 radical (unpaired) electrons. The molecule has 10 heteroatoms. The Morgan fingerprint density at radius 2 is 1.64 bits per heavy atom. The van der Waals surface area contributed by atoms with Gasteiger partial charge >= 0.3 is 6.18 Å². The highest BCUT2D eigenvalue weighted by Gasteiger charge is 2.39. The summed E-state index contributed by atoms with van der Waals surface area (Å²) >= 11 is 0. The summed E-state index contributed by atoms with van der Waals surface area (Å²) in [5.74, 6) is -9.19. The highest BCUT2D eigenvalue weighted by Crippen LogP contribution is 2.37. The number of halogens is 3. The third kappa shape index (κ3) is 3.93. The number of carboxylic acid groups (broad SMARTS) is 2. The van der Waals surface area contributed by atoms with Crippen LogP contribution in [0.4, 0.5) is 13.2 Å². The quantitative estimate of drug-likeness (QED) is 0.383. The second-order valence-corrected chi connectivity index (χ2v) is 4.32. The topological polar surface area (TPSA) is 123 Å². The summed E-state index contributed by atoms with van der Waals surface area (Å²) < 4.78 is 38.7. The van der Waals surface area contributed by atoms with Crippen LogP contribution in [0.3, 0.4) is 0 Å². The van der Waals surface area contributed by atoms with Crippen LogP contribution in [-0.2, 0) is 15.8 Å². The van der Waals surface area contributed by atoms with Gasteiger partial charge in [-0.3, -0.25) is 10.1 Å². The number of carbonyl (C=O) groups is 2. The molecule has 0 aliphatic heterocycles. The van der Waals surface area contributed by atoms with Gasteiger partial charge in [-0.05, 0) is 11.6 Å². The van der Waals surface area contributed by atoms with Crippen molar-refractivity contribution < 1.29 is 37.9 Å². The van der Waals surface area contributed by atoms with E-state index in [1.165, 1.54) is 0 Å². The Bertz CT molecular complexity index is 587. The predicted molar refractivity (Wildman–Crippen MR) is 59.6 cm³/mol. The van der Waals surface area contributed by atoms with Crippen LogP contribution in [0.2, 0.25) is 0 Å². The second kappa shape index (κ2) is 6.41. The zero-order chi connectivity index (χ0) is 17.1. The van der Waals surface area contributed by atoms with Crippen molar-refractivity contribution in [3.63, 3.8) is 0 Å². The van der Waals surface area contributed by atoms with Crippen molar-refractivity contribution in [2.24, 2.45) is 5.92 Å². The van der Waals surface area contributed by atoms with Crippen molar-refractivity contribution in [1.82, 2.24) is 0 Å². The molecule has 0 aliphatic rings. The lowest BCUT2D eigenvalue weighted by atomic mass is 9.83. The predicted octanol–water partition coefficient (Wildman–Crippen LogP) is -0.818. The molecular weight excluding hydrogens is 311 g/mol. The number of rotatable bonds is 6. The Kier molecular flexibility index (Phi) is 5.07. The summed E-state index contributed by atoms with van der Waals surface area (Å²) in [6.07, 6.45) is -4.94. The summed E-state index contributed by atoms with van der Waals surface area (Å²) in [5, 5.41) is 32.3. The summed E-state index contributed by atoms with van der Waals surface area (Å²) in [6.45, 7) is -1.33. The lowest BCUT2D eigenvalue weighted by Crippen LogP contribution is -2.48. The molecule has 0 aromatic heterocycles. The molecule has 0 saturated carbocycles. The Morgan fingerprint density at radius 1 is 1.14 bits per heavy atom. The minimum atomic E-state index is -4.94. The van der Waals surface area contributed by atoms with Crippen LogP contribution < -0.4 is 10.2 Å². The normalized spacial score (nSPS) is 12.9. The van der Waals surface area contributed by atoms with Crippen LogP contribution in [0.5, 0.6) is 0 Å². The maximum Gasteiger partial charge on any atom is 0.416 e. The van der Waals surface area contributed by atoms with Crippen LogP contribution in [0, 0.1) is 16.0 Å². The van der Waals surface area contributed by atoms with Crippen molar-refractivity contribution in [2.45, 2.75) is 12.1 Å². The molecule has 1 aromatic carbocycles.